The van der Waals surface area contributed by atoms with Crippen molar-refractivity contribution in [3.05, 3.63) is 29.8 Å². The standard InChI is InChI=1S/C11H13NOS/c13-11-7-9(5-6-12-11)8-1-3-10(14)4-2-8/h1-4,9,14H,5-7H2,(H,12,13). The first-order chi connectivity index (χ1) is 6.75. The summed E-state index contributed by atoms with van der Waals surface area (Å²) in [5.41, 5.74) is 1.25. The van der Waals surface area contributed by atoms with Gasteiger partial charge in [0.05, 0.1) is 0 Å². The number of rotatable bonds is 1. The van der Waals surface area contributed by atoms with Gasteiger partial charge in [0.1, 0.15) is 0 Å². The highest BCUT2D eigenvalue weighted by Gasteiger charge is 2.19. The molecule has 1 fully saturated rings. The molecule has 1 aromatic rings. The summed E-state index contributed by atoms with van der Waals surface area (Å²) in [5.74, 6) is 0.550. The molecule has 0 spiro atoms. The van der Waals surface area contributed by atoms with Crippen molar-refractivity contribution in [1.29, 1.82) is 0 Å². The number of amides is 1. The minimum Gasteiger partial charge on any atom is -0.356 e. The number of hydrogen-bond acceptors (Lipinski definition) is 2. The van der Waals surface area contributed by atoms with Crippen molar-refractivity contribution in [2.75, 3.05) is 6.54 Å². The summed E-state index contributed by atoms with van der Waals surface area (Å²) in [6, 6.07) is 8.08. The molecule has 1 aliphatic rings. The molecule has 0 saturated carbocycles. The Balaban J connectivity index is 2.14. The van der Waals surface area contributed by atoms with E-state index in [9.17, 15) is 4.79 Å². The van der Waals surface area contributed by atoms with E-state index >= 15 is 0 Å². The predicted molar refractivity (Wildman–Crippen MR) is 58.7 cm³/mol. The number of nitrogens with one attached hydrogen (secondary N) is 1. The second kappa shape index (κ2) is 4.05. The van der Waals surface area contributed by atoms with E-state index in [-0.39, 0.29) is 5.91 Å². The van der Waals surface area contributed by atoms with E-state index in [1.54, 1.807) is 0 Å². The summed E-state index contributed by atoms with van der Waals surface area (Å²) in [5, 5.41) is 2.84. The SMILES string of the molecule is O=C1CC(c2ccc(S)cc2)CCN1. The van der Waals surface area contributed by atoms with Gasteiger partial charge >= 0.3 is 0 Å². The second-order valence-electron chi connectivity index (χ2n) is 3.63. The highest BCUT2D eigenvalue weighted by Crippen LogP contribution is 2.26. The van der Waals surface area contributed by atoms with E-state index in [2.05, 4.69) is 30.1 Å². The normalized spacial score (nSPS) is 21.8. The molecule has 0 aromatic heterocycles. The van der Waals surface area contributed by atoms with Crippen LogP contribution >= 0.6 is 12.6 Å². The van der Waals surface area contributed by atoms with Gasteiger partial charge in [-0.1, -0.05) is 12.1 Å². The van der Waals surface area contributed by atoms with Gasteiger partial charge in [-0.15, -0.1) is 12.6 Å². The highest BCUT2D eigenvalue weighted by atomic mass is 32.1. The van der Waals surface area contributed by atoms with Crippen LogP contribution in [0.5, 0.6) is 0 Å². The Kier molecular flexibility index (Phi) is 2.77. The molecule has 0 aliphatic carbocycles. The molecule has 0 radical (unpaired) electrons. The fraction of sp³-hybridized carbons (Fsp3) is 0.364. The van der Waals surface area contributed by atoms with Gasteiger partial charge in [-0.05, 0) is 30.0 Å². The first-order valence-electron chi connectivity index (χ1n) is 4.81. The van der Waals surface area contributed by atoms with E-state index in [0.717, 1.165) is 17.9 Å². The van der Waals surface area contributed by atoms with Crippen LogP contribution in [0.3, 0.4) is 0 Å². The summed E-state index contributed by atoms with van der Waals surface area (Å²) >= 11 is 4.23. The lowest BCUT2D eigenvalue weighted by Crippen LogP contribution is -2.32. The number of carbonyl (C=O) groups is 1. The zero-order chi connectivity index (χ0) is 9.97. The number of carbonyl (C=O) groups excluding carboxylic acids is 1. The fourth-order valence-corrected chi connectivity index (χ4v) is 1.96. The van der Waals surface area contributed by atoms with E-state index in [1.807, 2.05) is 12.1 Å². The molecule has 1 N–H and O–H groups in total. The zero-order valence-corrected chi connectivity index (χ0v) is 8.76. The first-order valence-corrected chi connectivity index (χ1v) is 5.26. The average molecular weight is 207 g/mol. The van der Waals surface area contributed by atoms with Crippen LogP contribution in [0.1, 0.15) is 24.3 Å². The molecule has 2 nitrogen and oxygen atoms in total. The Hall–Kier alpha value is -0.960. The van der Waals surface area contributed by atoms with Crippen LogP contribution in [-0.4, -0.2) is 12.5 Å². The maximum Gasteiger partial charge on any atom is 0.220 e. The van der Waals surface area contributed by atoms with Gasteiger partial charge in [-0.2, -0.15) is 0 Å². The Morgan fingerprint density at radius 3 is 2.64 bits per heavy atom. The largest absolute Gasteiger partial charge is 0.356 e. The van der Waals surface area contributed by atoms with Gasteiger partial charge in [-0.25, -0.2) is 0 Å². The summed E-state index contributed by atoms with van der Waals surface area (Å²) in [7, 11) is 0. The zero-order valence-electron chi connectivity index (χ0n) is 7.86. The molecule has 1 atom stereocenters. The quantitative estimate of drug-likeness (QED) is 0.677. The third kappa shape index (κ3) is 2.10. The fourth-order valence-electron chi connectivity index (χ4n) is 1.81. The number of piperidine rings is 1. The predicted octanol–water partition coefficient (Wildman–Crippen LogP) is 1.97. The summed E-state index contributed by atoms with van der Waals surface area (Å²) < 4.78 is 0. The number of benzene rings is 1. The van der Waals surface area contributed by atoms with Crippen LogP contribution < -0.4 is 5.32 Å². The summed E-state index contributed by atoms with van der Waals surface area (Å²) in [6.07, 6.45) is 1.66. The van der Waals surface area contributed by atoms with Gasteiger partial charge < -0.3 is 5.32 Å². The smallest absolute Gasteiger partial charge is 0.220 e. The van der Waals surface area contributed by atoms with Gasteiger partial charge in [0, 0.05) is 17.9 Å². The molecule has 0 bridgehead atoms. The van der Waals surface area contributed by atoms with Crippen LogP contribution in [0.4, 0.5) is 0 Å². The van der Waals surface area contributed by atoms with E-state index < -0.39 is 0 Å². The topological polar surface area (TPSA) is 29.1 Å². The Morgan fingerprint density at radius 2 is 2.00 bits per heavy atom. The molecule has 1 aliphatic heterocycles. The Labute approximate surface area is 89.1 Å². The molecule has 1 unspecified atom stereocenters. The van der Waals surface area contributed by atoms with Gasteiger partial charge in [0.15, 0.2) is 0 Å². The molecule has 1 aromatic carbocycles. The van der Waals surface area contributed by atoms with Crippen molar-refractivity contribution in [3.8, 4) is 0 Å². The van der Waals surface area contributed by atoms with Crippen molar-refractivity contribution in [2.45, 2.75) is 23.7 Å². The Morgan fingerprint density at radius 1 is 1.29 bits per heavy atom. The van der Waals surface area contributed by atoms with Crippen molar-refractivity contribution in [3.63, 3.8) is 0 Å². The summed E-state index contributed by atoms with van der Waals surface area (Å²) in [4.78, 5) is 12.2. The maximum atomic E-state index is 11.2. The van der Waals surface area contributed by atoms with Crippen molar-refractivity contribution >= 4 is 18.5 Å². The molecule has 2 rings (SSSR count). The lowest BCUT2D eigenvalue weighted by molar-refractivity contribution is -0.122. The van der Waals surface area contributed by atoms with E-state index in [1.165, 1.54) is 5.56 Å². The molecule has 14 heavy (non-hydrogen) atoms. The molecule has 1 heterocycles. The number of thiol groups is 1. The lowest BCUT2D eigenvalue weighted by atomic mass is 9.90. The monoisotopic (exact) mass is 207 g/mol. The molecular formula is C11H13NOS. The first kappa shape index (κ1) is 9.59. The lowest BCUT2D eigenvalue weighted by Gasteiger charge is -2.22. The molecule has 1 saturated heterocycles. The van der Waals surface area contributed by atoms with Gasteiger partial charge in [0.25, 0.3) is 0 Å². The molecular weight excluding hydrogens is 194 g/mol. The third-order valence-electron chi connectivity index (χ3n) is 2.61. The third-order valence-corrected chi connectivity index (χ3v) is 2.91. The molecule has 3 heteroatoms. The minimum atomic E-state index is 0.163. The number of hydrogen-bond donors (Lipinski definition) is 2. The van der Waals surface area contributed by atoms with Crippen LogP contribution in [0.2, 0.25) is 0 Å². The van der Waals surface area contributed by atoms with Crippen LogP contribution in [-0.2, 0) is 4.79 Å². The van der Waals surface area contributed by atoms with E-state index in [0.29, 0.717) is 12.3 Å². The van der Waals surface area contributed by atoms with Crippen LogP contribution in [0, 0.1) is 0 Å². The molecule has 74 valence electrons. The summed E-state index contributed by atoms with van der Waals surface area (Å²) in [6.45, 7) is 0.798. The van der Waals surface area contributed by atoms with Gasteiger partial charge in [-0.3, -0.25) is 4.79 Å². The van der Waals surface area contributed by atoms with Crippen molar-refractivity contribution < 1.29 is 4.79 Å². The van der Waals surface area contributed by atoms with Crippen LogP contribution in [0.25, 0.3) is 0 Å². The average Bonchev–Trinajstić information content (AvgIpc) is 2.19. The van der Waals surface area contributed by atoms with Gasteiger partial charge in [0.2, 0.25) is 5.91 Å². The Bertz CT molecular complexity index is 334. The van der Waals surface area contributed by atoms with Crippen molar-refractivity contribution in [2.24, 2.45) is 0 Å². The minimum absolute atomic E-state index is 0.163. The maximum absolute atomic E-state index is 11.2. The van der Waals surface area contributed by atoms with E-state index in [4.69, 9.17) is 0 Å². The van der Waals surface area contributed by atoms with Crippen molar-refractivity contribution in [1.82, 2.24) is 5.32 Å². The highest BCUT2D eigenvalue weighted by molar-refractivity contribution is 7.80. The second-order valence-corrected chi connectivity index (χ2v) is 4.15. The molecule has 1 amide bonds. The van der Waals surface area contributed by atoms with Crippen LogP contribution in [0.15, 0.2) is 29.2 Å².